The standard InChI is InChI=1S/C12H23BN4O/c13-17-9-7-16(8-10-17)6-5-15-3-1-11(2-4-15)12(14)18/h11H,1-10H2,(H2,14,18). The van der Waals surface area contributed by atoms with Crippen molar-refractivity contribution in [3.05, 3.63) is 0 Å². The summed E-state index contributed by atoms with van der Waals surface area (Å²) in [6, 6.07) is 0. The summed E-state index contributed by atoms with van der Waals surface area (Å²) in [5, 5.41) is 0. The van der Waals surface area contributed by atoms with Crippen molar-refractivity contribution in [3.63, 3.8) is 0 Å². The van der Waals surface area contributed by atoms with E-state index in [0.29, 0.717) is 0 Å². The predicted molar refractivity (Wildman–Crippen MR) is 72.1 cm³/mol. The number of piperazine rings is 1. The molecule has 1 amide bonds. The smallest absolute Gasteiger partial charge is 0.220 e. The van der Waals surface area contributed by atoms with Crippen LogP contribution in [-0.4, -0.2) is 80.9 Å². The van der Waals surface area contributed by atoms with Crippen LogP contribution in [0.3, 0.4) is 0 Å². The molecule has 100 valence electrons. The highest BCUT2D eigenvalue weighted by Gasteiger charge is 2.23. The monoisotopic (exact) mass is 250 g/mol. The number of likely N-dealkylation sites (tertiary alicyclic amines) is 1. The lowest BCUT2D eigenvalue weighted by Crippen LogP contribution is -2.48. The second-order valence-electron chi connectivity index (χ2n) is 5.40. The largest absolute Gasteiger partial charge is 0.369 e. The highest BCUT2D eigenvalue weighted by Crippen LogP contribution is 2.16. The number of nitrogens with zero attached hydrogens (tertiary/aromatic N) is 3. The fourth-order valence-corrected chi connectivity index (χ4v) is 2.71. The van der Waals surface area contributed by atoms with Crippen LogP contribution in [0, 0.1) is 5.92 Å². The van der Waals surface area contributed by atoms with Crippen molar-refractivity contribution in [1.82, 2.24) is 14.6 Å². The number of hydrogen-bond acceptors (Lipinski definition) is 4. The van der Waals surface area contributed by atoms with E-state index >= 15 is 0 Å². The molecule has 6 heteroatoms. The van der Waals surface area contributed by atoms with E-state index in [-0.39, 0.29) is 11.8 Å². The molecule has 2 radical (unpaired) electrons. The molecule has 2 heterocycles. The minimum absolute atomic E-state index is 0.0991. The highest BCUT2D eigenvalue weighted by atomic mass is 16.1. The Hall–Kier alpha value is -0.585. The van der Waals surface area contributed by atoms with Crippen LogP contribution >= 0.6 is 0 Å². The summed E-state index contributed by atoms with van der Waals surface area (Å²) in [6.45, 7) is 8.26. The van der Waals surface area contributed by atoms with Crippen molar-refractivity contribution in [2.45, 2.75) is 12.8 Å². The molecule has 0 bridgehead atoms. The number of hydrogen-bond donors (Lipinski definition) is 1. The van der Waals surface area contributed by atoms with E-state index in [1.54, 1.807) is 0 Å². The molecule has 2 N–H and O–H groups in total. The zero-order valence-corrected chi connectivity index (χ0v) is 11.1. The summed E-state index contributed by atoms with van der Waals surface area (Å²) in [5.41, 5.74) is 5.33. The van der Waals surface area contributed by atoms with Gasteiger partial charge in [0.05, 0.1) is 0 Å². The molecule has 0 saturated carbocycles. The average Bonchev–Trinajstić information content (AvgIpc) is 2.38. The molecule has 0 aromatic carbocycles. The van der Waals surface area contributed by atoms with Gasteiger partial charge in [0.1, 0.15) is 0 Å². The lowest BCUT2D eigenvalue weighted by atomic mass is 9.96. The zero-order chi connectivity index (χ0) is 13.0. The van der Waals surface area contributed by atoms with Crippen LogP contribution in [0.1, 0.15) is 12.8 Å². The Morgan fingerprint density at radius 3 is 2.00 bits per heavy atom. The maximum Gasteiger partial charge on any atom is 0.220 e. The van der Waals surface area contributed by atoms with Crippen LogP contribution in [0.4, 0.5) is 0 Å². The summed E-state index contributed by atoms with van der Waals surface area (Å²) in [6.07, 6.45) is 1.85. The molecule has 0 aliphatic carbocycles. The van der Waals surface area contributed by atoms with Crippen LogP contribution in [0.25, 0.3) is 0 Å². The maximum absolute atomic E-state index is 11.1. The van der Waals surface area contributed by atoms with E-state index in [4.69, 9.17) is 13.7 Å². The molecule has 2 rings (SSSR count). The number of nitrogens with two attached hydrogens (primary N) is 1. The summed E-state index contributed by atoms with van der Waals surface area (Å²) >= 11 is 0. The predicted octanol–water partition coefficient (Wildman–Crippen LogP) is -1.12. The van der Waals surface area contributed by atoms with Crippen LogP contribution in [0.15, 0.2) is 0 Å². The molecule has 2 fully saturated rings. The molecule has 0 atom stereocenters. The molecule has 18 heavy (non-hydrogen) atoms. The van der Waals surface area contributed by atoms with Gasteiger partial charge < -0.3 is 15.4 Å². The molecule has 2 aliphatic rings. The van der Waals surface area contributed by atoms with Gasteiger partial charge in [0.2, 0.25) is 5.91 Å². The van der Waals surface area contributed by atoms with E-state index in [2.05, 4.69) is 9.80 Å². The quantitative estimate of drug-likeness (QED) is 0.642. The molecular formula is C12H23BN4O. The third-order valence-electron chi connectivity index (χ3n) is 4.13. The van der Waals surface area contributed by atoms with E-state index in [0.717, 1.165) is 65.2 Å². The Bertz CT molecular complexity index is 273. The van der Waals surface area contributed by atoms with Gasteiger partial charge in [-0.2, -0.15) is 0 Å². The summed E-state index contributed by atoms with van der Waals surface area (Å²) < 4.78 is 0. The third kappa shape index (κ3) is 3.97. The molecule has 0 aromatic rings. The first-order chi connectivity index (χ1) is 8.65. The average molecular weight is 250 g/mol. The van der Waals surface area contributed by atoms with Crippen molar-refractivity contribution in [1.29, 1.82) is 0 Å². The fourth-order valence-electron chi connectivity index (χ4n) is 2.71. The molecule has 0 aromatic heterocycles. The molecule has 2 aliphatic heterocycles. The van der Waals surface area contributed by atoms with E-state index < -0.39 is 0 Å². The minimum Gasteiger partial charge on any atom is -0.369 e. The summed E-state index contributed by atoms with van der Waals surface area (Å²) in [5.74, 6) is -0.0317. The fraction of sp³-hybridized carbons (Fsp3) is 0.917. The Labute approximate surface area is 111 Å². The third-order valence-corrected chi connectivity index (χ3v) is 4.13. The van der Waals surface area contributed by atoms with Gasteiger partial charge in [-0.05, 0) is 39.0 Å². The van der Waals surface area contributed by atoms with Crippen LogP contribution in [-0.2, 0) is 4.79 Å². The van der Waals surface area contributed by atoms with E-state index in [1.807, 2.05) is 4.81 Å². The normalized spacial score (nSPS) is 25.3. The Kier molecular flexibility index (Phi) is 5.03. The second kappa shape index (κ2) is 6.54. The second-order valence-corrected chi connectivity index (χ2v) is 5.40. The maximum atomic E-state index is 11.1. The van der Waals surface area contributed by atoms with Gasteiger partial charge in [0.25, 0.3) is 0 Å². The molecule has 0 unspecified atom stereocenters. The van der Waals surface area contributed by atoms with Gasteiger partial charge in [-0.3, -0.25) is 9.69 Å². The van der Waals surface area contributed by atoms with Crippen molar-refractivity contribution >= 4 is 13.9 Å². The van der Waals surface area contributed by atoms with Crippen LogP contribution in [0.2, 0.25) is 0 Å². The van der Waals surface area contributed by atoms with Gasteiger partial charge >= 0.3 is 0 Å². The first-order valence-electron chi connectivity index (χ1n) is 6.89. The Balaban J connectivity index is 1.62. The van der Waals surface area contributed by atoms with E-state index in [9.17, 15) is 4.79 Å². The number of piperidine rings is 1. The van der Waals surface area contributed by atoms with E-state index in [1.165, 1.54) is 0 Å². The van der Waals surface area contributed by atoms with Crippen LogP contribution < -0.4 is 5.73 Å². The van der Waals surface area contributed by atoms with Crippen molar-refractivity contribution < 1.29 is 4.79 Å². The van der Waals surface area contributed by atoms with Gasteiger partial charge in [-0.25, -0.2) is 0 Å². The number of amides is 1. The SMILES string of the molecule is [B]N1CCN(CCN2CCC(C(N)=O)CC2)CC1. The molecule has 0 spiro atoms. The van der Waals surface area contributed by atoms with Gasteiger partial charge in [0, 0.05) is 32.1 Å². The first-order valence-corrected chi connectivity index (χ1v) is 6.89. The van der Waals surface area contributed by atoms with Gasteiger partial charge in [-0.15, -0.1) is 0 Å². The van der Waals surface area contributed by atoms with Crippen molar-refractivity contribution in [3.8, 4) is 0 Å². The topological polar surface area (TPSA) is 52.8 Å². The Morgan fingerprint density at radius 2 is 1.50 bits per heavy atom. The summed E-state index contributed by atoms with van der Waals surface area (Å²) in [4.78, 5) is 17.9. The van der Waals surface area contributed by atoms with Gasteiger partial charge in [0.15, 0.2) is 7.98 Å². The number of carbonyl (C=O) groups excluding carboxylic acids is 1. The zero-order valence-electron chi connectivity index (χ0n) is 11.1. The number of rotatable bonds is 4. The van der Waals surface area contributed by atoms with Crippen LogP contribution in [0.5, 0.6) is 0 Å². The molecule has 2 saturated heterocycles. The molecular weight excluding hydrogens is 227 g/mol. The molecule has 5 nitrogen and oxygen atoms in total. The van der Waals surface area contributed by atoms with Crippen molar-refractivity contribution in [2.24, 2.45) is 11.7 Å². The number of primary amides is 1. The lowest BCUT2D eigenvalue weighted by molar-refractivity contribution is -0.123. The lowest BCUT2D eigenvalue weighted by Gasteiger charge is -2.36. The highest BCUT2D eigenvalue weighted by molar-refractivity contribution is 6.04. The Morgan fingerprint density at radius 1 is 1.00 bits per heavy atom. The van der Waals surface area contributed by atoms with Gasteiger partial charge in [-0.1, -0.05) is 0 Å². The minimum atomic E-state index is -0.131. The number of carbonyl (C=O) groups is 1. The van der Waals surface area contributed by atoms with Crippen molar-refractivity contribution in [2.75, 3.05) is 52.4 Å². The first kappa shape index (κ1) is 13.8. The summed E-state index contributed by atoms with van der Waals surface area (Å²) in [7, 11) is 5.73.